The number of hydrogen-bond acceptors (Lipinski definition) is 3. The lowest BCUT2D eigenvalue weighted by Crippen LogP contribution is -2.24. The van der Waals surface area contributed by atoms with Gasteiger partial charge < -0.3 is 4.42 Å². The van der Waals surface area contributed by atoms with E-state index in [1.807, 2.05) is 12.1 Å². The highest BCUT2D eigenvalue weighted by Gasteiger charge is 2.25. The average Bonchev–Trinajstić information content (AvgIpc) is 3.12. The van der Waals surface area contributed by atoms with Crippen LogP contribution in [0.15, 0.2) is 34.5 Å². The Kier molecular flexibility index (Phi) is 3.97. The van der Waals surface area contributed by atoms with Crippen molar-refractivity contribution in [1.29, 1.82) is 0 Å². The molecule has 0 N–H and O–H groups in total. The zero-order valence-corrected chi connectivity index (χ0v) is 13.0. The van der Waals surface area contributed by atoms with Crippen LogP contribution >= 0.6 is 0 Å². The van der Waals surface area contributed by atoms with E-state index in [-0.39, 0.29) is 0 Å². The molecule has 4 heteroatoms. The standard InChI is InChI=1S/C17H23N3O/c1-13(9-17-5-4-8-21-17)11-19-7-6-16(12-19)20-15(3)10-14(2)18-20/h4-5,8-10,16H,6-7,11-12H2,1-3H3/b13-9+. The van der Waals surface area contributed by atoms with Crippen LogP contribution in [0.3, 0.4) is 0 Å². The quantitative estimate of drug-likeness (QED) is 0.863. The molecule has 0 bridgehead atoms. The van der Waals surface area contributed by atoms with E-state index in [4.69, 9.17) is 4.42 Å². The van der Waals surface area contributed by atoms with E-state index < -0.39 is 0 Å². The van der Waals surface area contributed by atoms with Gasteiger partial charge in [0.1, 0.15) is 5.76 Å². The fraction of sp³-hybridized carbons (Fsp3) is 0.471. The van der Waals surface area contributed by atoms with Crippen LogP contribution in [0.2, 0.25) is 0 Å². The first kappa shape index (κ1) is 14.1. The maximum Gasteiger partial charge on any atom is 0.126 e. The van der Waals surface area contributed by atoms with Crippen molar-refractivity contribution < 1.29 is 4.42 Å². The molecule has 0 amide bonds. The predicted octanol–water partition coefficient (Wildman–Crippen LogP) is 3.44. The molecule has 0 saturated carbocycles. The fourth-order valence-electron chi connectivity index (χ4n) is 3.19. The first-order valence-electron chi connectivity index (χ1n) is 7.57. The molecule has 4 nitrogen and oxygen atoms in total. The number of hydrogen-bond donors (Lipinski definition) is 0. The Morgan fingerprint density at radius 2 is 2.33 bits per heavy atom. The maximum atomic E-state index is 5.37. The molecule has 0 aliphatic carbocycles. The summed E-state index contributed by atoms with van der Waals surface area (Å²) < 4.78 is 7.56. The molecule has 1 unspecified atom stereocenters. The van der Waals surface area contributed by atoms with Crippen LogP contribution in [-0.2, 0) is 0 Å². The third-order valence-corrected chi connectivity index (χ3v) is 4.04. The maximum absolute atomic E-state index is 5.37. The summed E-state index contributed by atoms with van der Waals surface area (Å²) >= 11 is 0. The van der Waals surface area contributed by atoms with E-state index in [0.717, 1.165) is 31.1 Å². The van der Waals surface area contributed by atoms with Crippen molar-refractivity contribution in [2.45, 2.75) is 33.2 Å². The number of nitrogens with zero attached hydrogens (tertiary/aromatic N) is 3. The summed E-state index contributed by atoms with van der Waals surface area (Å²) in [5, 5.41) is 4.63. The van der Waals surface area contributed by atoms with E-state index in [1.54, 1.807) is 6.26 Å². The molecule has 3 rings (SSSR count). The van der Waals surface area contributed by atoms with Crippen molar-refractivity contribution >= 4 is 6.08 Å². The Morgan fingerprint density at radius 1 is 1.48 bits per heavy atom. The van der Waals surface area contributed by atoms with Crippen LogP contribution in [0, 0.1) is 13.8 Å². The lowest BCUT2D eigenvalue weighted by molar-refractivity contribution is 0.342. The van der Waals surface area contributed by atoms with Gasteiger partial charge in [0, 0.05) is 25.3 Å². The summed E-state index contributed by atoms with van der Waals surface area (Å²) in [7, 11) is 0. The third kappa shape index (κ3) is 3.27. The lowest BCUT2D eigenvalue weighted by Gasteiger charge is -2.17. The summed E-state index contributed by atoms with van der Waals surface area (Å²) in [6.45, 7) is 9.57. The van der Waals surface area contributed by atoms with Gasteiger partial charge in [-0.2, -0.15) is 5.10 Å². The molecule has 112 valence electrons. The highest BCUT2D eigenvalue weighted by molar-refractivity contribution is 5.46. The molecule has 1 fully saturated rings. The van der Waals surface area contributed by atoms with Gasteiger partial charge in [0.15, 0.2) is 0 Å². The normalized spacial score (nSPS) is 20.3. The highest BCUT2D eigenvalue weighted by atomic mass is 16.3. The summed E-state index contributed by atoms with van der Waals surface area (Å²) in [6.07, 6.45) is 5.01. The van der Waals surface area contributed by atoms with E-state index in [2.05, 4.69) is 47.6 Å². The number of rotatable bonds is 4. The molecule has 1 saturated heterocycles. The van der Waals surface area contributed by atoms with Gasteiger partial charge in [0.05, 0.1) is 18.0 Å². The van der Waals surface area contributed by atoms with Crippen molar-refractivity contribution in [3.05, 3.63) is 47.2 Å². The Bertz CT molecular complexity index is 625. The van der Waals surface area contributed by atoms with Crippen LogP contribution < -0.4 is 0 Å². The molecule has 0 spiro atoms. The summed E-state index contributed by atoms with van der Waals surface area (Å²) in [5.74, 6) is 0.932. The van der Waals surface area contributed by atoms with Crippen LogP contribution in [0.5, 0.6) is 0 Å². The first-order chi connectivity index (χ1) is 10.1. The monoisotopic (exact) mass is 285 g/mol. The second-order valence-corrected chi connectivity index (χ2v) is 6.06. The van der Waals surface area contributed by atoms with Crippen LogP contribution in [-0.4, -0.2) is 34.3 Å². The summed E-state index contributed by atoms with van der Waals surface area (Å²) in [5.41, 5.74) is 3.71. The van der Waals surface area contributed by atoms with E-state index in [9.17, 15) is 0 Å². The van der Waals surface area contributed by atoms with Gasteiger partial charge in [-0.3, -0.25) is 9.58 Å². The number of aryl methyl sites for hydroxylation is 2. The van der Waals surface area contributed by atoms with Gasteiger partial charge in [-0.1, -0.05) is 5.57 Å². The zero-order valence-electron chi connectivity index (χ0n) is 13.0. The average molecular weight is 285 g/mol. The van der Waals surface area contributed by atoms with Crippen LogP contribution in [0.1, 0.15) is 36.5 Å². The van der Waals surface area contributed by atoms with Crippen molar-refractivity contribution in [2.75, 3.05) is 19.6 Å². The zero-order chi connectivity index (χ0) is 14.8. The molecular weight excluding hydrogens is 262 g/mol. The largest absolute Gasteiger partial charge is 0.465 e. The minimum atomic E-state index is 0.509. The van der Waals surface area contributed by atoms with E-state index >= 15 is 0 Å². The van der Waals surface area contributed by atoms with Gasteiger partial charge in [-0.25, -0.2) is 0 Å². The van der Waals surface area contributed by atoms with Crippen molar-refractivity contribution in [1.82, 2.24) is 14.7 Å². The van der Waals surface area contributed by atoms with Crippen molar-refractivity contribution in [2.24, 2.45) is 0 Å². The van der Waals surface area contributed by atoms with E-state index in [1.165, 1.54) is 17.7 Å². The predicted molar refractivity (Wildman–Crippen MR) is 84.2 cm³/mol. The van der Waals surface area contributed by atoms with Crippen LogP contribution in [0.4, 0.5) is 0 Å². The molecule has 1 aliphatic heterocycles. The SMILES string of the molecule is C/C(=C\c1ccco1)CN1CCC(n2nc(C)cc2C)C1. The van der Waals surface area contributed by atoms with Crippen molar-refractivity contribution in [3.8, 4) is 0 Å². The minimum Gasteiger partial charge on any atom is -0.465 e. The molecule has 0 aromatic carbocycles. The number of aromatic nitrogens is 2. The van der Waals surface area contributed by atoms with Gasteiger partial charge in [-0.15, -0.1) is 0 Å². The Labute approximate surface area is 126 Å². The molecule has 21 heavy (non-hydrogen) atoms. The topological polar surface area (TPSA) is 34.2 Å². The molecule has 1 atom stereocenters. The molecule has 0 radical (unpaired) electrons. The van der Waals surface area contributed by atoms with Crippen LogP contribution in [0.25, 0.3) is 6.08 Å². The van der Waals surface area contributed by atoms with Gasteiger partial charge in [-0.05, 0) is 51.5 Å². The molecule has 2 aromatic heterocycles. The highest BCUT2D eigenvalue weighted by Crippen LogP contribution is 2.24. The molecule has 1 aliphatic rings. The number of likely N-dealkylation sites (tertiary alicyclic amines) is 1. The van der Waals surface area contributed by atoms with Gasteiger partial charge in [0.25, 0.3) is 0 Å². The summed E-state index contributed by atoms with van der Waals surface area (Å²) in [4.78, 5) is 2.50. The van der Waals surface area contributed by atoms with Gasteiger partial charge in [0.2, 0.25) is 0 Å². The van der Waals surface area contributed by atoms with Crippen molar-refractivity contribution in [3.63, 3.8) is 0 Å². The Hall–Kier alpha value is -1.81. The molecular formula is C17H23N3O. The summed E-state index contributed by atoms with van der Waals surface area (Å²) in [6, 6.07) is 6.58. The Balaban J connectivity index is 1.61. The third-order valence-electron chi connectivity index (χ3n) is 4.04. The second kappa shape index (κ2) is 5.90. The molecule has 3 heterocycles. The lowest BCUT2D eigenvalue weighted by atomic mass is 10.2. The smallest absolute Gasteiger partial charge is 0.126 e. The minimum absolute atomic E-state index is 0.509. The molecule has 2 aromatic rings. The van der Waals surface area contributed by atoms with Gasteiger partial charge >= 0.3 is 0 Å². The second-order valence-electron chi connectivity index (χ2n) is 6.06. The first-order valence-corrected chi connectivity index (χ1v) is 7.57. The Morgan fingerprint density at radius 3 is 3.00 bits per heavy atom. The number of furan rings is 1. The van der Waals surface area contributed by atoms with E-state index in [0.29, 0.717) is 6.04 Å². The fourth-order valence-corrected chi connectivity index (χ4v) is 3.19.